The van der Waals surface area contributed by atoms with Crippen LogP contribution in [-0.4, -0.2) is 24.9 Å². The summed E-state index contributed by atoms with van der Waals surface area (Å²) < 4.78 is 38.7. The first-order valence-corrected chi connectivity index (χ1v) is 6.04. The molecular weight excluding hydrogens is 245 g/mol. The van der Waals surface area contributed by atoms with Gasteiger partial charge in [-0.2, -0.15) is 13.2 Å². The molecule has 1 aliphatic rings. The summed E-state index contributed by atoms with van der Waals surface area (Å²) in [5.74, 6) is -1.59. The molecule has 0 saturated carbocycles. The molecule has 106 valence electrons. The monoisotopic (exact) mass is 266 g/mol. The Bertz CT molecular complexity index is 323. The van der Waals surface area contributed by atoms with E-state index in [0.29, 0.717) is 6.54 Å². The van der Waals surface area contributed by atoms with Crippen LogP contribution in [0.15, 0.2) is 11.4 Å². The average Bonchev–Trinajstić information content (AvgIpc) is 2.60. The molecule has 18 heavy (non-hydrogen) atoms. The molecule has 0 aromatic rings. The van der Waals surface area contributed by atoms with E-state index in [4.69, 9.17) is 11.5 Å². The highest BCUT2D eigenvalue weighted by atomic mass is 19.4. The fourth-order valence-electron chi connectivity index (χ4n) is 2.14. The van der Waals surface area contributed by atoms with Crippen LogP contribution in [0.4, 0.5) is 13.2 Å². The Morgan fingerprint density at radius 1 is 1.44 bits per heavy atom. The molecule has 0 amide bonds. The number of alkyl halides is 3. The molecule has 1 aliphatic heterocycles. The summed E-state index contributed by atoms with van der Waals surface area (Å²) in [5.41, 5.74) is 10.3. The highest BCUT2D eigenvalue weighted by molar-refractivity contribution is 5.30. The number of nitrogens with one attached hydrogen (secondary N) is 2. The van der Waals surface area contributed by atoms with Crippen LogP contribution in [0.5, 0.6) is 0 Å². The predicted molar refractivity (Wildman–Crippen MR) is 64.3 cm³/mol. The molecule has 4 nitrogen and oxygen atoms in total. The van der Waals surface area contributed by atoms with E-state index in [9.17, 15) is 13.2 Å². The molecule has 6 N–H and O–H groups in total. The van der Waals surface area contributed by atoms with Gasteiger partial charge in [-0.25, -0.2) is 0 Å². The van der Waals surface area contributed by atoms with E-state index < -0.39 is 17.8 Å². The zero-order chi connectivity index (χ0) is 14.0. The second kappa shape index (κ2) is 5.36. The second-order valence-electron chi connectivity index (χ2n) is 4.79. The number of hydrogen-bond donors (Lipinski definition) is 4. The lowest BCUT2D eigenvalue weighted by molar-refractivity contribution is -0.162. The molecule has 2 atom stereocenters. The van der Waals surface area contributed by atoms with Gasteiger partial charge in [-0.15, -0.1) is 0 Å². The summed E-state index contributed by atoms with van der Waals surface area (Å²) in [4.78, 5) is 0. The van der Waals surface area contributed by atoms with E-state index in [1.807, 2.05) is 6.92 Å². The van der Waals surface area contributed by atoms with E-state index >= 15 is 0 Å². The summed E-state index contributed by atoms with van der Waals surface area (Å²) in [5, 5.41) is 5.47. The lowest BCUT2D eigenvalue weighted by atomic mass is 9.90. The van der Waals surface area contributed by atoms with Crippen molar-refractivity contribution in [3.05, 3.63) is 11.4 Å². The van der Waals surface area contributed by atoms with Crippen LogP contribution >= 0.6 is 0 Å². The van der Waals surface area contributed by atoms with Crippen LogP contribution in [0.25, 0.3) is 0 Å². The third kappa shape index (κ3) is 3.29. The summed E-state index contributed by atoms with van der Waals surface area (Å²) in [7, 11) is 0. The van der Waals surface area contributed by atoms with Crippen molar-refractivity contribution in [2.45, 2.75) is 38.5 Å². The lowest BCUT2D eigenvalue weighted by Gasteiger charge is -2.32. The zero-order valence-corrected chi connectivity index (χ0v) is 10.7. The summed E-state index contributed by atoms with van der Waals surface area (Å²) >= 11 is 0. The van der Waals surface area contributed by atoms with Gasteiger partial charge in [0.25, 0.3) is 0 Å². The summed E-state index contributed by atoms with van der Waals surface area (Å²) in [6, 6.07) is 0. The maximum absolute atomic E-state index is 12.9. The molecule has 1 rings (SSSR count). The first-order chi connectivity index (χ1) is 8.20. The largest absolute Gasteiger partial charge is 0.397 e. The Morgan fingerprint density at radius 3 is 2.56 bits per heavy atom. The van der Waals surface area contributed by atoms with Gasteiger partial charge in [0.15, 0.2) is 0 Å². The second-order valence-corrected chi connectivity index (χ2v) is 4.79. The van der Waals surface area contributed by atoms with Gasteiger partial charge in [0.2, 0.25) is 0 Å². The third-order valence-electron chi connectivity index (χ3n) is 3.11. The molecule has 0 radical (unpaired) electrons. The van der Waals surface area contributed by atoms with Crippen molar-refractivity contribution in [3.8, 4) is 0 Å². The Hall–Kier alpha value is -0.950. The first-order valence-electron chi connectivity index (χ1n) is 6.04. The van der Waals surface area contributed by atoms with Crippen LogP contribution < -0.4 is 22.1 Å². The van der Waals surface area contributed by atoms with Gasteiger partial charge in [-0.1, -0.05) is 13.3 Å². The van der Waals surface area contributed by atoms with Crippen molar-refractivity contribution in [1.29, 1.82) is 0 Å². The summed E-state index contributed by atoms with van der Waals surface area (Å²) in [6.07, 6.45) is -2.54. The topological polar surface area (TPSA) is 76.1 Å². The SMILES string of the molecule is CCCCNC(C)(N)C1=C(N)NCC1C(F)(F)F. The van der Waals surface area contributed by atoms with Crippen molar-refractivity contribution in [3.63, 3.8) is 0 Å². The van der Waals surface area contributed by atoms with Crippen molar-refractivity contribution in [2.75, 3.05) is 13.1 Å². The number of rotatable bonds is 5. The van der Waals surface area contributed by atoms with E-state index in [1.165, 1.54) is 6.92 Å². The molecule has 0 aromatic heterocycles. The molecule has 0 aromatic carbocycles. The van der Waals surface area contributed by atoms with E-state index in [0.717, 1.165) is 12.8 Å². The van der Waals surface area contributed by atoms with Gasteiger partial charge in [-0.3, -0.25) is 5.32 Å². The van der Waals surface area contributed by atoms with Crippen LogP contribution in [0.3, 0.4) is 0 Å². The van der Waals surface area contributed by atoms with Gasteiger partial charge in [0, 0.05) is 12.1 Å². The van der Waals surface area contributed by atoms with Crippen LogP contribution in [0.1, 0.15) is 26.7 Å². The highest BCUT2D eigenvalue weighted by Gasteiger charge is 2.50. The standard InChI is InChI=1S/C11H21F3N4/c1-3-4-5-18-10(2,16)8-7(11(12,13)14)6-17-9(8)15/h7,17-18H,3-6,15-16H2,1-2H3. The smallest absolute Gasteiger partial charge is 0.385 e. The fourth-order valence-corrected chi connectivity index (χ4v) is 2.14. The van der Waals surface area contributed by atoms with Crippen molar-refractivity contribution >= 4 is 0 Å². The zero-order valence-electron chi connectivity index (χ0n) is 10.7. The Labute approximate surface area is 105 Å². The number of unbranched alkanes of at least 4 members (excludes halogenated alkanes) is 1. The maximum Gasteiger partial charge on any atom is 0.397 e. The van der Waals surface area contributed by atoms with Gasteiger partial charge >= 0.3 is 6.18 Å². The van der Waals surface area contributed by atoms with Gasteiger partial charge in [0.1, 0.15) is 0 Å². The molecule has 0 saturated heterocycles. The van der Waals surface area contributed by atoms with Crippen LogP contribution in [0.2, 0.25) is 0 Å². The predicted octanol–water partition coefficient (Wildman–Crippen LogP) is 1.00. The normalized spacial score (nSPS) is 24.0. The van der Waals surface area contributed by atoms with Crippen molar-refractivity contribution in [1.82, 2.24) is 10.6 Å². The first kappa shape index (κ1) is 15.1. The quantitative estimate of drug-likeness (QED) is 0.442. The highest BCUT2D eigenvalue weighted by Crippen LogP contribution is 2.38. The van der Waals surface area contributed by atoms with E-state index in [-0.39, 0.29) is 17.9 Å². The molecule has 0 fully saturated rings. The van der Waals surface area contributed by atoms with E-state index in [1.54, 1.807) is 0 Å². The maximum atomic E-state index is 12.9. The molecule has 7 heteroatoms. The molecule has 0 aliphatic carbocycles. The molecule has 1 heterocycles. The molecule has 0 spiro atoms. The van der Waals surface area contributed by atoms with Gasteiger partial charge < -0.3 is 16.8 Å². The lowest BCUT2D eigenvalue weighted by Crippen LogP contribution is -2.55. The number of nitrogens with two attached hydrogens (primary N) is 2. The molecular formula is C11H21F3N4. The van der Waals surface area contributed by atoms with Crippen LogP contribution in [-0.2, 0) is 0 Å². The van der Waals surface area contributed by atoms with Crippen LogP contribution in [0, 0.1) is 5.92 Å². The van der Waals surface area contributed by atoms with Crippen molar-refractivity contribution < 1.29 is 13.2 Å². The fraction of sp³-hybridized carbons (Fsp3) is 0.818. The Morgan fingerprint density at radius 2 is 2.06 bits per heavy atom. The van der Waals surface area contributed by atoms with Crippen molar-refractivity contribution in [2.24, 2.45) is 17.4 Å². The Kier molecular flexibility index (Phi) is 4.50. The van der Waals surface area contributed by atoms with Gasteiger partial charge in [-0.05, 0) is 19.9 Å². The molecule has 0 bridgehead atoms. The number of halogens is 3. The minimum Gasteiger partial charge on any atom is -0.385 e. The minimum absolute atomic E-state index is 0.00565. The minimum atomic E-state index is -4.34. The van der Waals surface area contributed by atoms with E-state index in [2.05, 4.69) is 10.6 Å². The summed E-state index contributed by atoms with van der Waals surface area (Å²) in [6.45, 7) is 3.84. The van der Waals surface area contributed by atoms with Gasteiger partial charge in [0.05, 0.1) is 17.4 Å². The Balaban J connectivity index is 2.86. The average molecular weight is 266 g/mol. The molecule has 2 unspecified atom stereocenters. The number of hydrogen-bond acceptors (Lipinski definition) is 4. The third-order valence-corrected chi connectivity index (χ3v) is 3.11.